The molecule has 4 unspecified atom stereocenters. The van der Waals surface area contributed by atoms with Crippen molar-refractivity contribution < 1.29 is 19.1 Å². The van der Waals surface area contributed by atoms with E-state index in [9.17, 15) is 14.4 Å². The Morgan fingerprint density at radius 2 is 1.51 bits per heavy atom. The summed E-state index contributed by atoms with van der Waals surface area (Å²) in [6.07, 6.45) is 2.78. The molecule has 1 rings (SSSR count). The highest BCUT2D eigenvalue weighted by atomic mass is 16.6. The van der Waals surface area contributed by atoms with E-state index in [4.69, 9.17) is 4.74 Å². The molecule has 0 aliphatic heterocycles. The number of carbonyl (C=O) groups is 3. The molecule has 222 valence electrons. The van der Waals surface area contributed by atoms with E-state index >= 15 is 0 Å². The van der Waals surface area contributed by atoms with Crippen LogP contribution in [0, 0.1) is 25.7 Å². The molecule has 1 aromatic carbocycles. The van der Waals surface area contributed by atoms with E-state index in [0.29, 0.717) is 5.92 Å². The quantitative estimate of drug-likeness (QED) is 0.284. The molecule has 0 heterocycles. The Kier molecular flexibility index (Phi) is 13.5. The molecule has 0 saturated carbocycles. The Morgan fingerprint density at radius 1 is 0.897 bits per heavy atom. The number of nitrogens with zero attached hydrogens (tertiary/aromatic N) is 1. The minimum atomic E-state index is -0.851. The molecule has 3 amide bonds. The molecule has 4 atom stereocenters. The molecule has 0 aromatic heterocycles. The minimum absolute atomic E-state index is 0.0275. The maximum atomic E-state index is 14.4. The van der Waals surface area contributed by atoms with Gasteiger partial charge in [0.2, 0.25) is 11.8 Å². The van der Waals surface area contributed by atoms with Gasteiger partial charge < -0.3 is 20.3 Å². The van der Waals surface area contributed by atoms with Crippen LogP contribution < -0.4 is 10.6 Å². The fourth-order valence-corrected chi connectivity index (χ4v) is 4.62. The number of ether oxygens (including phenoxy) is 1. The van der Waals surface area contributed by atoms with Gasteiger partial charge in [-0.2, -0.15) is 0 Å². The van der Waals surface area contributed by atoms with Crippen molar-refractivity contribution in [2.75, 3.05) is 0 Å². The Morgan fingerprint density at radius 3 is 2.00 bits per heavy atom. The predicted molar refractivity (Wildman–Crippen MR) is 160 cm³/mol. The van der Waals surface area contributed by atoms with Crippen LogP contribution in [0.2, 0.25) is 0 Å². The molecule has 39 heavy (non-hydrogen) atoms. The average molecular weight is 546 g/mol. The van der Waals surface area contributed by atoms with Crippen molar-refractivity contribution in [1.29, 1.82) is 0 Å². The van der Waals surface area contributed by atoms with Gasteiger partial charge in [-0.1, -0.05) is 59.2 Å². The van der Waals surface area contributed by atoms with Crippen molar-refractivity contribution in [2.24, 2.45) is 11.8 Å². The molecule has 2 N–H and O–H groups in total. The Bertz CT molecular complexity index is 951. The van der Waals surface area contributed by atoms with Gasteiger partial charge >= 0.3 is 6.09 Å². The number of rotatable bonds is 13. The van der Waals surface area contributed by atoms with Gasteiger partial charge in [0.15, 0.2) is 0 Å². The zero-order valence-corrected chi connectivity index (χ0v) is 26.6. The first-order chi connectivity index (χ1) is 18.0. The van der Waals surface area contributed by atoms with Crippen LogP contribution in [0.25, 0.3) is 0 Å². The number of alkyl carbamates (subject to hydrolysis) is 1. The van der Waals surface area contributed by atoms with Gasteiger partial charge in [0.1, 0.15) is 17.7 Å². The van der Waals surface area contributed by atoms with Crippen LogP contribution in [0.15, 0.2) is 18.2 Å². The Hall–Kier alpha value is -2.57. The highest BCUT2D eigenvalue weighted by Crippen LogP contribution is 2.30. The summed E-state index contributed by atoms with van der Waals surface area (Å²) in [5, 5.41) is 5.98. The third-order valence-corrected chi connectivity index (χ3v) is 6.98. The fraction of sp³-hybridized carbons (Fsp3) is 0.719. The first kappa shape index (κ1) is 34.5. The number of hydrogen-bond acceptors (Lipinski definition) is 4. The molecule has 0 spiro atoms. The molecule has 0 bridgehead atoms. The number of hydrogen-bond donors (Lipinski definition) is 2. The van der Waals surface area contributed by atoms with Crippen molar-refractivity contribution in [2.45, 2.75) is 139 Å². The summed E-state index contributed by atoms with van der Waals surface area (Å²) in [4.78, 5) is 42.9. The first-order valence-corrected chi connectivity index (χ1v) is 14.7. The Balaban J connectivity index is 3.67. The average Bonchev–Trinajstić information content (AvgIpc) is 2.79. The van der Waals surface area contributed by atoms with Crippen LogP contribution >= 0.6 is 0 Å². The zero-order valence-electron chi connectivity index (χ0n) is 26.6. The molecular weight excluding hydrogens is 490 g/mol. The molecule has 0 aliphatic rings. The van der Waals surface area contributed by atoms with E-state index in [2.05, 4.69) is 31.4 Å². The number of amides is 3. The minimum Gasteiger partial charge on any atom is -0.444 e. The van der Waals surface area contributed by atoms with Crippen molar-refractivity contribution in [3.63, 3.8) is 0 Å². The van der Waals surface area contributed by atoms with Gasteiger partial charge in [0.25, 0.3) is 0 Å². The van der Waals surface area contributed by atoms with E-state index in [1.165, 1.54) is 0 Å². The largest absolute Gasteiger partial charge is 0.444 e. The predicted octanol–water partition coefficient (Wildman–Crippen LogP) is 6.85. The van der Waals surface area contributed by atoms with Crippen molar-refractivity contribution in [3.05, 3.63) is 34.9 Å². The van der Waals surface area contributed by atoms with Crippen LogP contribution in [0.4, 0.5) is 4.79 Å². The summed E-state index contributed by atoms with van der Waals surface area (Å²) in [6.45, 7) is 23.6. The zero-order chi connectivity index (χ0) is 30.1. The van der Waals surface area contributed by atoms with Gasteiger partial charge in [0.05, 0.1) is 0 Å². The maximum absolute atomic E-state index is 14.4. The second-order valence-corrected chi connectivity index (χ2v) is 12.9. The lowest BCUT2D eigenvalue weighted by molar-refractivity contribution is -0.146. The second-order valence-electron chi connectivity index (χ2n) is 12.9. The maximum Gasteiger partial charge on any atom is 0.408 e. The van der Waals surface area contributed by atoms with Gasteiger partial charge in [-0.05, 0) is 96.3 Å². The van der Waals surface area contributed by atoms with Crippen molar-refractivity contribution >= 4 is 17.9 Å². The van der Waals surface area contributed by atoms with E-state index in [-0.39, 0.29) is 29.8 Å². The molecule has 0 aliphatic carbocycles. The number of aryl methyl sites for hydroxylation is 2. The molecule has 0 saturated heterocycles. The highest BCUT2D eigenvalue weighted by molar-refractivity contribution is 5.92. The van der Waals surface area contributed by atoms with Crippen LogP contribution in [0.3, 0.4) is 0 Å². The van der Waals surface area contributed by atoms with Crippen LogP contribution in [0.1, 0.15) is 118 Å². The molecular formula is C32H55N3O4. The standard InChI is InChI=1S/C32H55N3O4/c1-13-14-24(8)33-29(36)28(26-18-16-22(6)23(7)19-26)35(25(9)17-15-20(2)3)30(37)27(21(4)5)34-31(38)39-32(10,11)12/h16,18-21,24-25,27-28H,13-15,17H2,1-12H3,(H,33,36)(H,34,38). The molecule has 7 heteroatoms. The lowest BCUT2D eigenvalue weighted by Gasteiger charge is -2.40. The van der Waals surface area contributed by atoms with Gasteiger partial charge in [-0.15, -0.1) is 0 Å². The highest BCUT2D eigenvalue weighted by Gasteiger charge is 2.40. The smallest absolute Gasteiger partial charge is 0.408 e. The first-order valence-electron chi connectivity index (χ1n) is 14.7. The summed E-state index contributed by atoms with van der Waals surface area (Å²) in [7, 11) is 0. The van der Waals surface area contributed by atoms with Gasteiger partial charge in [-0.25, -0.2) is 4.79 Å². The molecule has 1 aromatic rings. The SMILES string of the molecule is CCCC(C)NC(=O)C(c1ccc(C)c(C)c1)N(C(=O)C(NC(=O)OC(C)(C)C)C(C)C)C(C)CCC(C)C. The third-order valence-electron chi connectivity index (χ3n) is 6.98. The van der Waals surface area contributed by atoms with Gasteiger partial charge in [-0.3, -0.25) is 9.59 Å². The summed E-state index contributed by atoms with van der Waals surface area (Å²) >= 11 is 0. The Labute approximate surface area is 237 Å². The summed E-state index contributed by atoms with van der Waals surface area (Å²) in [5.74, 6) is -0.256. The van der Waals surface area contributed by atoms with E-state index in [1.54, 1.807) is 25.7 Å². The third kappa shape index (κ3) is 11.2. The second kappa shape index (κ2) is 15.3. The molecule has 0 fully saturated rings. The fourth-order valence-electron chi connectivity index (χ4n) is 4.62. The summed E-state index contributed by atoms with van der Waals surface area (Å²) in [6, 6.07) is 4.00. The van der Waals surface area contributed by atoms with Crippen LogP contribution in [-0.2, 0) is 14.3 Å². The normalized spacial score (nSPS) is 14.9. The van der Waals surface area contributed by atoms with E-state index < -0.39 is 23.8 Å². The van der Waals surface area contributed by atoms with E-state index in [1.807, 2.05) is 59.7 Å². The number of nitrogens with one attached hydrogen (secondary N) is 2. The number of carbonyl (C=O) groups excluding carboxylic acids is 3. The lowest BCUT2D eigenvalue weighted by Crippen LogP contribution is -2.57. The van der Waals surface area contributed by atoms with Crippen LogP contribution in [0.5, 0.6) is 0 Å². The summed E-state index contributed by atoms with van der Waals surface area (Å²) in [5.41, 5.74) is 2.25. The van der Waals surface area contributed by atoms with Crippen molar-refractivity contribution in [1.82, 2.24) is 15.5 Å². The van der Waals surface area contributed by atoms with Crippen molar-refractivity contribution in [3.8, 4) is 0 Å². The lowest BCUT2D eigenvalue weighted by atomic mass is 9.93. The molecule has 0 radical (unpaired) electrons. The van der Waals surface area contributed by atoms with E-state index in [0.717, 1.165) is 42.4 Å². The summed E-state index contributed by atoms with van der Waals surface area (Å²) < 4.78 is 5.49. The number of benzene rings is 1. The van der Waals surface area contributed by atoms with Gasteiger partial charge in [0, 0.05) is 12.1 Å². The van der Waals surface area contributed by atoms with Crippen LogP contribution in [-0.4, -0.2) is 46.5 Å². The topological polar surface area (TPSA) is 87.7 Å². The molecule has 7 nitrogen and oxygen atoms in total. The monoisotopic (exact) mass is 545 g/mol.